The molecule has 6 heteroatoms. The van der Waals surface area contributed by atoms with Gasteiger partial charge in [-0.2, -0.15) is 0 Å². The van der Waals surface area contributed by atoms with Gasteiger partial charge < -0.3 is 5.11 Å². The predicted octanol–water partition coefficient (Wildman–Crippen LogP) is 5.66. The molecule has 0 amide bonds. The number of anilines is 1. The molecule has 0 spiro atoms. The normalized spacial score (nSPS) is 11.8. The van der Waals surface area contributed by atoms with Gasteiger partial charge in [0.05, 0.1) is 10.5 Å². The summed E-state index contributed by atoms with van der Waals surface area (Å²) in [4.78, 5) is 11.4. The van der Waals surface area contributed by atoms with Gasteiger partial charge >= 0.3 is 5.97 Å². The number of carboxylic acids is 1. The summed E-state index contributed by atoms with van der Waals surface area (Å²) in [5.41, 5.74) is 3.75. The zero-order valence-corrected chi connectivity index (χ0v) is 19.4. The first-order chi connectivity index (χ1) is 15.1. The van der Waals surface area contributed by atoms with Crippen molar-refractivity contribution in [3.8, 4) is 0 Å². The van der Waals surface area contributed by atoms with Crippen molar-refractivity contribution in [2.75, 3.05) is 4.72 Å². The first kappa shape index (κ1) is 23.5. The highest BCUT2D eigenvalue weighted by atomic mass is 32.2. The van der Waals surface area contributed by atoms with Crippen molar-refractivity contribution in [1.82, 2.24) is 0 Å². The van der Waals surface area contributed by atoms with Crippen LogP contribution < -0.4 is 4.72 Å². The van der Waals surface area contributed by atoms with E-state index in [1.807, 2.05) is 36.4 Å². The third-order valence-corrected chi connectivity index (χ3v) is 7.28. The van der Waals surface area contributed by atoms with Gasteiger partial charge in [-0.1, -0.05) is 57.2 Å². The Morgan fingerprint density at radius 2 is 1.50 bits per heavy atom. The molecular formula is C26H29NO4S. The molecule has 0 aromatic heterocycles. The van der Waals surface area contributed by atoms with Crippen LogP contribution in [0.3, 0.4) is 0 Å². The maximum absolute atomic E-state index is 12.9. The average molecular weight is 452 g/mol. The largest absolute Gasteiger partial charge is 0.478 e. The Morgan fingerprint density at radius 1 is 0.906 bits per heavy atom. The lowest BCUT2D eigenvalue weighted by atomic mass is 9.82. The summed E-state index contributed by atoms with van der Waals surface area (Å²) in [5, 5.41) is 9.14. The standard InChI is InChI=1S/C26H29NO4S/c1-4-26(2,3)22-13-15-24(16-14-22)32(30,31)27-23-10-6-8-20(18-23)12-11-19-7-5-9-21(17-19)25(28)29/h5-10,13-18,27H,4,11-12H2,1-3H3,(H,28,29). The molecule has 0 fully saturated rings. The number of carboxylic acid groups (broad SMARTS) is 1. The van der Waals surface area contributed by atoms with Crippen LogP contribution in [-0.4, -0.2) is 19.5 Å². The van der Waals surface area contributed by atoms with Crippen molar-refractivity contribution in [3.63, 3.8) is 0 Å². The number of aromatic carboxylic acids is 1. The fourth-order valence-corrected chi connectivity index (χ4v) is 4.49. The fraction of sp³-hybridized carbons (Fsp3) is 0.269. The number of hydrogen-bond acceptors (Lipinski definition) is 3. The zero-order chi connectivity index (χ0) is 23.4. The van der Waals surface area contributed by atoms with Gasteiger partial charge in [-0.3, -0.25) is 4.72 Å². The summed E-state index contributed by atoms with van der Waals surface area (Å²) >= 11 is 0. The van der Waals surface area contributed by atoms with E-state index < -0.39 is 16.0 Å². The minimum atomic E-state index is -3.70. The van der Waals surface area contributed by atoms with Gasteiger partial charge in [0.1, 0.15) is 0 Å². The molecule has 32 heavy (non-hydrogen) atoms. The number of benzene rings is 3. The number of nitrogens with one attached hydrogen (secondary N) is 1. The van der Waals surface area contributed by atoms with Crippen molar-refractivity contribution in [1.29, 1.82) is 0 Å². The number of sulfonamides is 1. The molecule has 0 atom stereocenters. The number of carbonyl (C=O) groups is 1. The Kier molecular flexibility index (Phi) is 7.04. The SMILES string of the molecule is CCC(C)(C)c1ccc(S(=O)(=O)Nc2cccc(CCc3cccc(C(=O)O)c3)c2)cc1. The molecule has 0 radical (unpaired) electrons. The number of aryl methyl sites for hydroxylation is 2. The molecule has 0 bridgehead atoms. The molecule has 2 N–H and O–H groups in total. The number of hydrogen-bond donors (Lipinski definition) is 2. The van der Waals surface area contributed by atoms with Crippen molar-refractivity contribution in [3.05, 3.63) is 95.1 Å². The summed E-state index contributed by atoms with van der Waals surface area (Å²) in [6.45, 7) is 6.39. The van der Waals surface area contributed by atoms with Crippen molar-refractivity contribution in [2.24, 2.45) is 0 Å². The van der Waals surface area contributed by atoms with Crippen molar-refractivity contribution >= 4 is 21.7 Å². The molecule has 0 heterocycles. The highest BCUT2D eigenvalue weighted by Gasteiger charge is 2.20. The second kappa shape index (κ2) is 9.57. The molecule has 0 aliphatic heterocycles. The molecule has 0 unspecified atom stereocenters. The molecule has 3 aromatic rings. The van der Waals surface area contributed by atoms with Crippen LogP contribution in [0.5, 0.6) is 0 Å². The minimum Gasteiger partial charge on any atom is -0.478 e. The molecule has 0 saturated carbocycles. The lowest BCUT2D eigenvalue weighted by Crippen LogP contribution is -2.17. The third kappa shape index (κ3) is 5.77. The summed E-state index contributed by atoms with van der Waals surface area (Å²) in [6.07, 6.45) is 2.29. The topological polar surface area (TPSA) is 83.5 Å². The van der Waals surface area contributed by atoms with Gasteiger partial charge in [0.15, 0.2) is 0 Å². The highest BCUT2D eigenvalue weighted by molar-refractivity contribution is 7.92. The van der Waals surface area contributed by atoms with E-state index in [0.29, 0.717) is 18.5 Å². The molecule has 168 valence electrons. The van der Waals surface area contributed by atoms with E-state index in [1.165, 1.54) is 0 Å². The number of rotatable bonds is 9. The quantitative estimate of drug-likeness (QED) is 0.440. The maximum atomic E-state index is 12.9. The van der Waals surface area contributed by atoms with E-state index in [9.17, 15) is 13.2 Å². The van der Waals surface area contributed by atoms with E-state index in [0.717, 1.165) is 23.1 Å². The van der Waals surface area contributed by atoms with Gasteiger partial charge in [0, 0.05) is 5.69 Å². The second-order valence-electron chi connectivity index (χ2n) is 8.57. The van der Waals surface area contributed by atoms with E-state index >= 15 is 0 Å². The Labute approximate surface area is 190 Å². The van der Waals surface area contributed by atoms with Crippen molar-refractivity contribution < 1.29 is 18.3 Å². The van der Waals surface area contributed by atoms with Crippen LogP contribution in [0.15, 0.2) is 77.7 Å². The molecule has 3 aromatic carbocycles. The first-order valence-corrected chi connectivity index (χ1v) is 12.1. The Hall–Kier alpha value is -3.12. The maximum Gasteiger partial charge on any atom is 0.335 e. The highest BCUT2D eigenvalue weighted by Crippen LogP contribution is 2.28. The lowest BCUT2D eigenvalue weighted by Gasteiger charge is -2.23. The second-order valence-corrected chi connectivity index (χ2v) is 10.3. The Balaban J connectivity index is 1.71. The molecule has 5 nitrogen and oxygen atoms in total. The summed E-state index contributed by atoms with van der Waals surface area (Å²) in [5.74, 6) is -0.949. The summed E-state index contributed by atoms with van der Waals surface area (Å²) in [7, 11) is -3.70. The van der Waals surface area contributed by atoms with Crippen LogP contribution in [0.1, 0.15) is 54.2 Å². The first-order valence-electron chi connectivity index (χ1n) is 10.7. The van der Waals surface area contributed by atoms with Gasteiger partial charge in [-0.15, -0.1) is 0 Å². The Bertz CT molecular complexity index is 1200. The van der Waals surface area contributed by atoms with Gasteiger partial charge in [0.2, 0.25) is 0 Å². The lowest BCUT2D eigenvalue weighted by molar-refractivity contribution is 0.0696. The van der Waals surface area contributed by atoms with E-state index in [-0.39, 0.29) is 15.9 Å². The predicted molar refractivity (Wildman–Crippen MR) is 128 cm³/mol. The smallest absolute Gasteiger partial charge is 0.335 e. The molecule has 3 rings (SSSR count). The summed E-state index contributed by atoms with van der Waals surface area (Å²) in [6, 6.07) is 21.2. The van der Waals surface area contributed by atoms with Crippen LogP contribution in [0.4, 0.5) is 5.69 Å². The van der Waals surface area contributed by atoms with Crippen LogP contribution in [0.25, 0.3) is 0 Å². The third-order valence-electron chi connectivity index (χ3n) is 5.89. The summed E-state index contributed by atoms with van der Waals surface area (Å²) < 4.78 is 28.4. The van der Waals surface area contributed by atoms with Gasteiger partial charge in [-0.25, -0.2) is 13.2 Å². The van der Waals surface area contributed by atoms with Crippen LogP contribution in [-0.2, 0) is 28.3 Å². The molecule has 0 aliphatic rings. The van der Waals surface area contributed by atoms with Crippen LogP contribution in [0.2, 0.25) is 0 Å². The van der Waals surface area contributed by atoms with Crippen LogP contribution >= 0.6 is 0 Å². The average Bonchev–Trinajstić information content (AvgIpc) is 2.78. The molecule has 0 saturated heterocycles. The van der Waals surface area contributed by atoms with E-state index in [4.69, 9.17) is 5.11 Å². The monoisotopic (exact) mass is 451 g/mol. The van der Waals surface area contributed by atoms with E-state index in [2.05, 4.69) is 25.5 Å². The minimum absolute atomic E-state index is 0.00592. The van der Waals surface area contributed by atoms with Crippen LogP contribution in [0, 0.1) is 0 Å². The fourth-order valence-electron chi connectivity index (χ4n) is 3.44. The zero-order valence-electron chi connectivity index (χ0n) is 18.6. The van der Waals surface area contributed by atoms with Gasteiger partial charge in [0.25, 0.3) is 10.0 Å². The molecule has 0 aliphatic carbocycles. The van der Waals surface area contributed by atoms with Crippen molar-refractivity contribution in [2.45, 2.75) is 50.3 Å². The Morgan fingerprint density at radius 3 is 2.09 bits per heavy atom. The molecular weight excluding hydrogens is 422 g/mol. The van der Waals surface area contributed by atoms with Gasteiger partial charge in [-0.05, 0) is 77.8 Å². The van der Waals surface area contributed by atoms with E-state index in [1.54, 1.807) is 36.4 Å².